The van der Waals surface area contributed by atoms with Crippen molar-refractivity contribution in [2.24, 2.45) is 11.8 Å². The number of hydrogen-bond donors (Lipinski definition) is 2. The molecule has 1 fully saturated rings. The highest BCUT2D eigenvalue weighted by molar-refractivity contribution is 6.07. The van der Waals surface area contributed by atoms with Gasteiger partial charge >= 0.3 is 12.0 Å². The van der Waals surface area contributed by atoms with Crippen molar-refractivity contribution in [3.05, 3.63) is 12.2 Å². The van der Waals surface area contributed by atoms with Crippen molar-refractivity contribution in [3.63, 3.8) is 0 Å². The van der Waals surface area contributed by atoms with Gasteiger partial charge in [-0.3, -0.25) is 29.4 Å². The van der Waals surface area contributed by atoms with Crippen LogP contribution in [0.5, 0.6) is 0 Å². The minimum absolute atomic E-state index is 0.161. The van der Waals surface area contributed by atoms with E-state index in [1.54, 1.807) is 13.8 Å². The Morgan fingerprint density at radius 3 is 2.15 bits per heavy atom. The first kappa shape index (κ1) is 19.6. The van der Waals surface area contributed by atoms with Gasteiger partial charge < -0.3 is 10.1 Å². The van der Waals surface area contributed by atoms with Crippen molar-refractivity contribution in [2.45, 2.75) is 45.8 Å². The number of ether oxygens (including phenoxy) is 1. The van der Waals surface area contributed by atoms with Crippen LogP contribution in [0.1, 0.15) is 33.6 Å². The number of carbonyl (C=O) groups is 5. The molecule has 0 aromatic heterocycles. The minimum Gasteiger partial charge on any atom is -0.451 e. The van der Waals surface area contributed by atoms with Crippen molar-refractivity contribution in [3.8, 4) is 0 Å². The van der Waals surface area contributed by atoms with Gasteiger partial charge in [0, 0.05) is 6.04 Å². The summed E-state index contributed by atoms with van der Waals surface area (Å²) < 4.78 is 4.94. The first-order chi connectivity index (χ1) is 12.2. The predicted molar refractivity (Wildman–Crippen MR) is 89.4 cm³/mol. The maximum atomic E-state index is 12.3. The Kier molecular flexibility index (Phi) is 6.12. The number of amides is 5. The Hall–Kier alpha value is -2.71. The van der Waals surface area contributed by atoms with Crippen LogP contribution in [0.25, 0.3) is 0 Å². The molecule has 1 aliphatic carbocycles. The Morgan fingerprint density at radius 2 is 1.65 bits per heavy atom. The fourth-order valence-corrected chi connectivity index (χ4v) is 2.95. The number of nitrogens with one attached hydrogen (secondary N) is 2. The van der Waals surface area contributed by atoms with Crippen LogP contribution in [0.2, 0.25) is 0 Å². The summed E-state index contributed by atoms with van der Waals surface area (Å²) in [5.74, 6) is -3.33. The summed E-state index contributed by atoms with van der Waals surface area (Å²) >= 11 is 0. The maximum Gasteiger partial charge on any atom is 0.326 e. The minimum atomic E-state index is -1.24. The summed E-state index contributed by atoms with van der Waals surface area (Å²) in [4.78, 5) is 60.8. The number of rotatable bonds is 5. The van der Waals surface area contributed by atoms with E-state index in [-0.39, 0.29) is 6.04 Å². The van der Waals surface area contributed by atoms with Crippen molar-refractivity contribution in [2.75, 3.05) is 6.54 Å². The van der Waals surface area contributed by atoms with E-state index in [1.165, 1.54) is 6.92 Å². The topological polar surface area (TPSA) is 122 Å². The zero-order valence-electron chi connectivity index (χ0n) is 15.0. The third-order valence-electron chi connectivity index (χ3n) is 4.22. The fourth-order valence-electron chi connectivity index (χ4n) is 2.95. The average molecular weight is 365 g/mol. The molecule has 0 unspecified atom stereocenters. The molecule has 0 radical (unpaired) electrons. The van der Waals surface area contributed by atoms with Crippen LogP contribution in [0.15, 0.2) is 12.2 Å². The number of carbonyl (C=O) groups excluding carboxylic acids is 5. The molecular formula is C17H23N3O6. The number of likely N-dealkylation sites (tertiary alicyclic amines) is 1. The fraction of sp³-hybridized carbons (Fsp3) is 0.588. The summed E-state index contributed by atoms with van der Waals surface area (Å²) in [6.45, 7) is 4.21. The van der Waals surface area contributed by atoms with E-state index >= 15 is 0 Å². The van der Waals surface area contributed by atoms with Gasteiger partial charge in [-0.2, -0.15) is 0 Å². The lowest BCUT2D eigenvalue weighted by molar-refractivity contribution is -0.159. The molecule has 26 heavy (non-hydrogen) atoms. The summed E-state index contributed by atoms with van der Waals surface area (Å²) in [5.41, 5.74) is 0. The normalized spacial score (nSPS) is 22.8. The molecule has 5 amide bonds. The molecule has 9 nitrogen and oxygen atoms in total. The third-order valence-corrected chi connectivity index (χ3v) is 4.22. The molecule has 1 heterocycles. The second kappa shape index (κ2) is 8.11. The first-order valence-electron chi connectivity index (χ1n) is 8.51. The lowest BCUT2D eigenvalue weighted by Crippen LogP contribution is -2.47. The van der Waals surface area contributed by atoms with Gasteiger partial charge in [-0.15, -0.1) is 0 Å². The van der Waals surface area contributed by atoms with Crippen LogP contribution in [0.4, 0.5) is 4.79 Å². The van der Waals surface area contributed by atoms with E-state index in [4.69, 9.17) is 4.74 Å². The number of imide groups is 2. The van der Waals surface area contributed by atoms with E-state index < -0.39 is 54.2 Å². The van der Waals surface area contributed by atoms with Crippen LogP contribution in [-0.2, 0) is 23.9 Å². The summed E-state index contributed by atoms with van der Waals surface area (Å²) in [6.07, 6.45) is 3.41. The van der Waals surface area contributed by atoms with Gasteiger partial charge in [0.25, 0.3) is 5.91 Å². The largest absolute Gasteiger partial charge is 0.451 e. The molecule has 2 aliphatic rings. The van der Waals surface area contributed by atoms with Gasteiger partial charge in [0.2, 0.25) is 11.8 Å². The van der Waals surface area contributed by atoms with Crippen LogP contribution in [-0.4, -0.2) is 53.3 Å². The molecule has 3 atom stereocenters. The predicted octanol–water partition coefficient (Wildman–Crippen LogP) is 0.104. The van der Waals surface area contributed by atoms with Crippen LogP contribution >= 0.6 is 0 Å². The molecule has 142 valence electrons. The standard InChI is InChI=1S/C17H23N3O6/c1-9(2)18-17(25)19-14(22)10(3)26-13(21)8-20-15(23)11-6-4-5-7-12(11)16(20)24/h4-5,9-12H,6-8H2,1-3H3,(H2,18,19,22,25)/t10-,11-,12+/m0/s1. The molecule has 0 aromatic rings. The van der Waals surface area contributed by atoms with Gasteiger partial charge in [0.15, 0.2) is 6.10 Å². The molecule has 1 saturated heterocycles. The van der Waals surface area contributed by atoms with E-state index in [0.29, 0.717) is 12.8 Å². The molecule has 9 heteroatoms. The lowest BCUT2D eigenvalue weighted by Gasteiger charge is -2.17. The van der Waals surface area contributed by atoms with E-state index in [0.717, 1.165) is 4.90 Å². The second-order valence-corrected chi connectivity index (χ2v) is 6.67. The highest BCUT2D eigenvalue weighted by atomic mass is 16.5. The number of nitrogens with zero attached hydrogens (tertiary/aromatic N) is 1. The molecular weight excluding hydrogens is 342 g/mol. The zero-order chi connectivity index (χ0) is 19.4. The molecule has 2 rings (SSSR count). The molecule has 1 aliphatic heterocycles. The molecule has 0 saturated carbocycles. The van der Waals surface area contributed by atoms with Gasteiger partial charge in [-0.1, -0.05) is 12.2 Å². The Labute approximate surface area is 151 Å². The Bertz CT molecular complexity index is 631. The monoisotopic (exact) mass is 365 g/mol. The van der Waals surface area contributed by atoms with Crippen LogP contribution in [0, 0.1) is 11.8 Å². The van der Waals surface area contributed by atoms with Gasteiger partial charge in [0.05, 0.1) is 11.8 Å². The van der Waals surface area contributed by atoms with Crippen molar-refractivity contribution >= 4 is 29.7 Å². The Balaban J connectivity index is 1.86. The van der Waals surface area contributed by atoms with Crippen molar-refractivity contribution in [1.29, 1.82) is 0 Å². The van der Waals surface area contributed by atoms with Gasteiger partial charge in [0.1, 0.15) is 6.54 Å². The lowest BCUT2D eigenvalue weighted by atomic mass is 9.85. The highest BCUT2D eigenvalue weighted by Crippen LogP contribution is 2.34. The number of hydrogen-bond acceptors (Lipinski definition) is 6. The van der Waals surface area contributed by atoms with Crippen LogP contribution < -0.4 is 10.6 Å². The van der Waals surface area contributed by atoms with Crippen LogP contribution in [0.3, 0.4) is 0 Å². The van der Waals surface area contributed by atoms with E-state index in [1.807, 2.05) is 17.5 Å². The van der Waals surface area contributed by atoms with Crippen molar-refractivity contribution in [1.82, 2.24) is 15.5 Å². The van der Waals surface area contributed by atoms with E-state index in [9.17, 15) is 24.0 Å². The van der Waals surface area contributed by atoms with Crippen molar-refractivity contribution < 1.29 is 28.7 Å². The highest BCUT2D eigenvalue weighted by Gasteiger charge is 2.47. The molecule has 0 aromatic carbocycles. The average Bonchev–Trinajstić information content (AvgIpc) is 2.79. The number of esters is 1. The van der Waals surface area contributed by atoms with Gasteiger partial charge in [-0.05, 0) is 33.6 Å². The number of allylic oxidation sites excluding steroid dienone is 2. The number of urea groups is 1. The quantitative estimate of drug-likeness (QED) is 0.405. The maximum absolute atomic E-state index is 12.3. The molecule has 0 bridgehead atoms. The zero-order valence-corrected chi connectivity index (χ0v) is 15.0. The number of fused-ring (bicyclic) bond motifs is 1. The first-order valence-corrected chi connectivity index (χ1v) is 8.51. The SMILES string of the molecule is CC(C)NC(=O)NC(=O)[C@H](C)OC(=O)CN1C(=O)[C@H]2CC=CC[C@H]2C1=O. The molecule has 2 N–H and O–H groups in total. The Morgan fingerprint density at radius 1 is 1.12 bits per heavy atom. The smallest absolute Gasteiger partial charge is 0.326 e. The summed E-state index contributed by atoms with van der Waals surface area (Å²) in [6, 6.07) is -0.861. The summed E-state index contributed by atoms with van der Waals surface area (Å²) in [7, 11) is 0. The molecule has 0 spiro atoms. The summed E-state index contributed by atoms with van der Waals surface area (Å²) in [5, 5.41) is 4.51. The van der Waals surface area contributed by atoms with Gasteiger partial charge in [-0.25, -0.2) is 4.79 Å². The van der Waals surface area contributed by atoms with E-state index in [2.05, 4.69) is 5.32 Å². The third kappa shape index (κ3) is 4.47. The second-order valence-electron chi connectivity index (χ2n) is 6.67.